The van der Waals surface area contributed by atoms with Crippen LogP contribution in [0.25, 0.3) is 6.08 Å². The second-order valence-electron chi connectivity index (χ2n) is 9.29. The Morgan fingerprint density at radius 3 is 2.05 bits per heavy atom. The third-order valence-electron chi connectivity index (χ3n) is 6.53. The van der Waals surface area contributed by atoms with Crippen LogP contribution in [0.4, 0.5) is 5.69 Å². The quantitative estimate of drug-likeness (QED) is 0.147. The van der Waals surface area contributed by atoms with E-state index in [1.165, 1.54) is 16.7 Å². The summed E-state index contributed by atoms with van der Waals surface area (Å²) < 4.78 is 5.20. The molecule has 2 N–H and O–H groups in total. The minimum atomic E-state index is -0.485. The molecule has 0 fully saturated rings. The third-order valence-corrected chi connectivity index (χ3v) is 7.52. The van der Waals surface area contributed by atoms with E-state index in [9.17, 15) is 19.2 Å². The molecule has 0 radical (unpaired) electrons. The Morgan fingerprint density at radius 2 is 1.43 bits per heavy atom. The molecule has 4 amide bonds. The lowest BCUT2D eigenvalue weighted by Gasteiger charge is -2.14. The molecule has 4 aromatic rings. The van der Waals surface area contributed by atoms with Crippen LogP contribution < -0.4 is 15.4 Å². The molecule has 1 heterocycles. The summed E-state index contributed by atoms with van der Waals surface area (Å²) in [6.07, 6.45) is 1.60. The van der Waals surface area contributed by atoms with Crippen molar-refractivity contribution in [1.82, 2.24) is 10.2 Å². The Hall–Kier alpha value is -5.15. The number of carbonyl (C=O) groups is 4. The summed E-state index contributed by atoms with van der Waals surface area (Å²) in [7, 11) is 1.57. The van der Waals surface area contributed by atoms with Crippen molar-refractivity contribution in [2.75, 3.05) is 24.7 Å². The SMILES string of the molecule is COc1ccc(/C=C(\NC(=O)c2ccccc2)C(=O)Nc2ccc(SCCN3C(=O)c4ccccc4C3=O)cc2)cc1. The first-order valence-corrected chi connectivity index (χ1v) is 14.1. The van der Waals surface area contributed by atoms with Crippen LogP contribution in [-0.2, 0) is 4.79 Å². The highest BCUT2D eigenvalue weighted by atomic mass is 32.2. The number of anilines is 1. The smallest absolute Gasteiger partial charge is 0.272 e. The number of fused-ring (bicyclic) bond motifs is 1. The Labute approximate surface area is 247 Å². The Bertz CT molecular complexity index is 1620. The summed E-state index contributed by atoms with van der Waals surface area (Å²) in [6.45, 7) is 0.288. The fourth-order valence-electron chi connectivity index (χ4n) is 4.34. The standard InChI is InChI=1S/C33H27N3O5S/c1-41-25-15-11-22(12-16-25)21-29(35-30(37)23-7-3-2-4-8-23)31(38)34-24-13-17-26(18-14-24)42-20-19-36-32(39)27-9-5-6-10-28(27)33(36)40/h2-18,21H,19-20H2,1H3,(H,34,38)(H,35,37)/b29-21-. The van der Waals surface area contributed by atoms with Gasteiger partial charge < -0.3 is 15.4 Å². The maximum atomic E-state index is 13.3. The number of rotatable bonds is 10. The van der Waals surface area contributed by atoms with Crippen molar-refractivity contribution in [2.24, 2.45) is 0 Å². The van der Waals surface area contributed by atoms with Gasteiger partial charge in [-0.1, -0.05) is 42.5 Å². The minimum Gasteiger partial charge on any atom is -0.497 e. The summed E-state index contributed by atoms with van der Waals surface area (Å²) in [5.41, 5.74) is 2.63. The van der Waals surface area contributed by atoms with Crippen LogP contribution in [0.2, 0.25) is 0 Å². The Kier molecular flexibility index (Phi) is 8.79. The van der Waals surface area contributed by atoms with E-state index in [1.54, 1.807) is 98.1 Å². The average Bonchev–Trinajstić information content (AvgIpc) is 3.27. The number of amides is 4. The molecule has 210 valence electrons. The number of ether oxygens (including phenoxy) is 1. The van der Waals surface area contributed by atoms with Gasteiger partial charge in [0.15, 0.2) is 0 Å². The van der Waals surface area contributed by atoms with E-state index in [0.717, 1.165) is 4.90 Å². The molecule has 5 rings (SSSR count). The van der Waals surface area contributed by atoms with Gasteiger partial charge in [-0.15, -0.1) is 11.8 Å². The lowest BCUT2D eigenvalue weighted by atomic mass is 10.1. The van der Waals surface area contributed by atoms with Crippen molar-refractivity contribution >= 4 is 47.2 Å². The van der Waals surface area contributed by atoms with Gasteiger partial charge in [-0.25, -0.2) is 0 Å². The summed E-state index contributed by atoms with van der Waals surface area (Å²) in [4.78, 5) is 53.4. The summed E-state index contributed by atoms with van der Waals surface area (Å²) in [5.74, 6) is -0.235. The minimum absolute atomic E-state index is 0.0772. The largest absolute Gasteiger partial charge is 0.497 e. The average molecular weight is 578 g/mol. The van der Waals surface area contributed by atoms with Crippen LogP contribution in [0.1, 0.15) is 36.6 Å². The van der Waals surface area contributed by atoms with E-state index in [-0.39, 0.29) is 24.1 Å². The van der Waals surface area contributed by atoms with Gasteiger partial charge in [-0.05, 0) is 72.3 Å². The second-order valence-corrected chi connectivity index (χ2v) is 10.5. The molecular weight excluding hydrogens is 550 g/mol. The first-order chi connectivity index (χ1) is 20.4. The maximum Gasteiger partial charge on any atom is 0.272 e. The zero-order valence-corrected chi connectivity index (χ0v) is 23.5. The number of carbonyl (C=O) groups excluding carboxylic acids is 4. The molecule has 42 heavy (non-hydrogen) atoms. The van der Waals surface area contributed by atoms with Crippen LogP contribution in [0.5, 0.6) is 5.75 Å². The van der Waals surface area contributed by atoms with Gasteiger partial charge in [0.05, 0.1) is 18.2 Å². The number of hydrogen-bond donors (Lipinski definition) is 2. The normalized spacial score (nSPS) is 12.6. The molecule has 0 bridgehead atoms. The number of hydrogen-bond acceptors (Lipinski definition) is 6. The van der Waals surface area contributed by atoms with E-state index in [2.05, 4.69) is 10.6 Å². The van der Waals surface area contributed by atoms with Crippen LogP contribution in [-0.4, -0.2) is 47.9 Å². The zero-order chi connectivity index (χ0) is 29.5. The third kappa shape index (κ3) is 6.59. The summed E-state index contributed by atoms with van der Waals surface area (Å²) >= 11 is 1.50. The van der Waals surface area contributed by atoms with Crippen molar-refractivity contribution < 1.29 is 23.9 Å². The maximum absolute atomic E-state index is 13.3. The molecule has 1 aliphatic rings. The lowest BCUT2D eigenvalue weighted by molar-refractivity contribution is -0.113. The molecule has 0 unspecified atom stereocenters. The highest BCUT2D eigenvalue weighted by Crippen LogP contribution is 2.25. The van der Waals surface area contributed by atoms with Crippen molar-refractivity contribution in [1.29, 1.82) is 0 Å². The number of nitrogens with one attached hydrogen (secondary N) is 2. The molecule has 4 aromatic carbocycles. The topological polar surface area (TPSA) is 105 Å². The first kappa shape index (κ1) is 28.4. The molecule has 1 aliphatic heterocycles. The molecule has 0 saturated heterocycles. The first-order valence-electron chi connectivity index (χ1n) is 13.1. The van der Waals surface area contributed by atoms with Crippen LogP contribution in [0, 0.1) is 0 Å². The van der Waals surface area contributed by atoms with E-state index in [0.29, 0.717) is 39.4 Å². The van der Waals surface area contributed by atoms with Gasteiger partial charge in [0.25, 0.3) is 23.6 Å². The van der Waals surface area contributed by atoms with E-state index in [4.69, 9.17) is 4.74 Å². The van der Waals surface area contributed by atoms with E-state index in [1.807, 2.05) is 18.2 Å². The predicted molar refractivity (Wildman–Crippen MR) is 162 cm³/mol. The summed E-state index contributed by atoms with van der Waals surface area (Å²) in [5, 5.41) is 5.56. The second kappa shape index (κ2) is 13.0. The van der Waals surface area contributed by atoms with Crippen LogP contribution in [0.15, 0.2) is 114 Å². The highest BCUT2D eigenvalue weighted by molar-refractivity contribution is 7.99. The number of benzene rings is 4. The van der Waals surface area contributed by atoms with Gasteiger partial charge in [0, 0.05) is 28.4 Å². The van der Waals surface area contributed by atoms with E-state index >= 15 is 0 Å². The van der Waals surface area contributed by atoms with Gasteiger partial charge in [0.1, 0.15) is 11.4 Å². The van der Waals surface area contributed by atoms with Gasteiger partial charge in [-0.2, -0.15) is 0 Å². The molecule has 0 aromatic heterocycles. The Morgan fingerprint density at radius 1 is 0.810 bits per heavy atom. The molecule has 0 spiro atoms. The predicted octanol–water partition coefficient (Wildman–Crippen LogP) is 5.49. The molecule has 9 heteroatoms. The number of thioether (sulfide) groups is 1. The molecule has 8 nitrogen and oxygen atoms in total. The van der Waals surface area contributed by atoms with Gasteiger partial charge in [-0.3, -0.25) is 24.1 Å². The number of nitrogens with zero attached hydrogens (tertiary/aromatic N) is 1. The van der Waals surface area contributed by atoms with Gasteiger partial charge >= 0.3 is 0 Å². The molecular formula is C33H27N3O5S. The zero-order valence-electron chi connectivity index (χ0n) is 22.7. The molecule has 0 aliphatic carbocycles. The van der Waals surface area contributed by atoms with Crippen LogP contribution >= 0.6 is 11.8 Å². The fourth-order valence-corrected chi connectivity index (χ4v) is 5.18. The molecule has 0 saturated carbocycles. The van der Waals surface area contributed by atoms with Crippen molar-refractivity contribution in [2.45, 2.75) is 4.90 Å². The number of imide groups is 1. The van der Waals surface area contributed by atoms with Crippen LogP contribution in [0.3, 0.4) is 0 Å². The monoisotopic (exact) mass is 577 g/mol. The van der Waals surface area contributed by atoms with Crippen molar-refractivity contribution in [3.63, 3.8) is 0 Å². The highest BCUT2D eigenvalue weighted by Gasteiger charge is 2.34. The number of methoxy groups -OCH3 is 1. The van der Waals surface area contributed by atoms with Gasteiger partial charge in [0.2, 0.25) is 0 Å². The fraction of sp³-hybridized carbons (Fsp3) is 0.0909. The lowest BCUT2D eigenvalue weighted by Crippen LogP contribution is -2.31. The summed E-state index contributed by atoms with van der Waals surface area (Å²) in [6, 6.07) is 29.8. The van der Waals surface area contributed by atoms with Crippen molar-refractivity contribution in [3.8, 4) is 5.75 Å². The Balaban J connectivity index is 1.22. The van der Waals surface area contributed by atoms with Crippen molar-refractivity contribution in [3.05, 3.63) is 131 Å². The van der Waals surface area contributed by atoms with E-state index < -0.39 is 11.8 Å². The molecule has 0 atom stereocenters.